The molecule has 1 saturated heterocycles. The third-order valence-corrected chi connectivity index (χ3v) is 7.09. The Hall–Kier alpha value is -3.56. The number of nitrogens with zero attached hydrogens (tertiary/aromatic N) is 3. The van der Waals surface area contributed by atoms with Crippen molar-refractivity contribution in [2.75, 3.05) is 32.5 Å². The highest BCUT2D eigenvalue weighted by atomic mass is 79.9. The third kappa shape index (κ3) is 7.97. The molecule has 0 bridgehead atoms. The van der Waals surface area contributed by atoms with E-state index in [9.17, 15) is 14.4 Å². The number of likely N-dealkylation sites (tertiary alicyclic amines) is 1. The van der Waals surface area contributed by atoms with Crippen molar-refractivity contribution in [3.63, 3.8) is 0 Å². The maximum atomic E-state index is 13.4. The zero-order valence-electron chi connectivity index (χ0n) is 22.3. The highest BCUT2D eigenvalue weighted by molar-refractivity contribution is 9.10. The SMILES string of the molecule is CN(C)Cc1ccccc1-c1ccc(C(=O)N[C@@H](CC(=O)Nc2ccc(Br)cn2)C(=O)N2CCCCC2)cc1. The summed E-state index contributed by atoms with van der Waals surface area (Å²) in [5, 5.41) is 5.55. The number of hydrogen-bond acceptors (Lipinski definition) is 5. The number of piperidine rings is 1. The van der Waals surface area contributed by atoms with Gasteiger partial charge in [-0.15, -0.1) is 0 Å². The summed E-state index contributed by atoms with van der Waals surface area (Å²) in [6.45, 7) is 2.06. The quantitative estimate of drug-likeness (QED) is 0.376. The van der Waals surface area contributed by atoms with E-state index in [1.165, 1.54) is 5.56 Å². The van der Waals surface area contributed by atoms with Crippen LogP contribution in [-0.2, 0) is 16.1 Å². The predicted octanol–water partition coefficient (Wildman–Crippen LogP) is 4.71. The van der Waals surface area contributed by atoms with E-state index in [-0.39, 0.29) is 12.3 Å². The van der Waals surface area contributed by atoms with Crippen LogP contribution in [0.5, 0.6) is 0 Å². The van der Waals surface area contributed by atoms with Crippen LogP contribution in [0.25, 0.3) is 11.1 Å². The number of nitrogens with one attached hydrogen (secondary N) is 2. The van der Waals surface area contributed by atoms with Gasteiger partial charge in [-0.05, 0) is 90.2 Å². The topological polar surface area (TPSA) is 94.6 Å². The van der Waals surface area contributed by atoms with Gasteiger partial charge < -0.3 is 20.4 Å². The highest BCUT2D eigenvalue weighted by Crippen LogP contribution is 2.25. The van der Waals surface area contributed by atoms with Crippen molar-refractivity contribution < 1.29 is 14.4 Å². The standard InChI is InChI=1S/C30H34BrN5O3/c1-35(2)20-23-8-4-5-9-25(23)21-10-12-22(13-11-21)29(38)33-26(30(39)36-16-6-3-7-17-36)18-28(37)34-27-15-14-24(31)19-32-27/h4-5,8-15,19,26H,3,6-7,16-18,20H2,1-2H3,(H,33,38)(H,32,34,37)/t26-/m0/s1. The van der Waals surface area contributed by atoms with Crippen LogP contribution in [-0.4, -0.2) is 65.7 Å². The second-order valence-electron chi connectivity index (χ2n) is 10.00. The molecule has 1 aromatic heterocycles. The Morgan fingerprint density at radius 2 is 1.69 bits per heavy atom. The van der Waals surface area contributed by atoms with E-state index in [0.717, 1.165) is 41.4 Å². The molecule has 8 nitrogen and oxygen atoms in total. The maximum Gasteiger partial charge on any atom is 0.251 e. The van der Waals surface area contributed by atoms with Crippen molar-refractivity contribution in [2.24, 2.45) is 0 Å². The lowest BCUT2D eigenvalue weighted by Crippen LogP contribution is -2.51. The number of rotatable bonds is 9. The molecular weight excluding hydrogens is 558 g/mol. The minimum absolute atomic E-state index is 0.186. The van der Waals surface area contributed by atoms with E-state index in [1.807, 2.05) is 38.4 Å². The van der Waals surface area contributed by atoms with Gasteiger partial charge in [-0.25, -0.2) is 4.98 Å². The summed E-state index contributed by atoms with van der Waals surface area (Å²) in [5.74, 6) is -0.651. The van der Waals surface area contributed by atoms with Gasteiger partial charge in [0.15, 0.2) is 0 Å². The van der Waals surface area contributed by atoms with Crippen molar-refractivity contribution >= 4 is 39.5 Å². The van der Waals surface area contributed by atoms with Crippen LogP contribution in [0.4, 0.5) is 5.82 Å². The lowest BCUT2D eigenvalue weighted by molar-refractivity contribution is -0.135. The zero-order valence-corrected chi connectivity index (χ0v) is 23.9. The van der Waals surface area contributed by atoms with E-state index >= 15 is 0 Å². The molecule has 4 rings (SSSR count). The fraction of sp³-hybridized carbons (Fsp3) is 0.333. The monoisotopic (exact) mass is 591 g/mol. The Morgan fingerprint density at radius 1 is 0.974 bits per heavy atom. The molecular formula is C30H34BrN5O3. The zero-order chi connectivity index (χ0) is 27.8. The second-order valence-corrected chi connectivity index (χ2v) is 10.9. The molecule has 2 aromatic carbocycles. The first kappa shape index (κ1) is 28.4. The van der Waals surface area contributed by atoms with Gasteiger partial charge in [-0.1, -0.05) is 36.4 Å². The number of carbonyl (C=O) groups excluding carboxylic acids is 3. The molecule has 9 heteroatoms. The van der Waals surface area contributed by atoms with Gasteiger partial charge in [-0.2, -0.15) is 0 Å². The Bertz CT molecular complexity index is 1290. The summed E-state index contributed by atoms with van der Waals surface area (Å²) in [6, 6.07) is 18.0. The first-order valence-corrected chi connectivity index (χ1v) is 13.9. The molecule has 2 N–H and O–H groups in total. The van der Waals surface area contributed by atoms with Crippen molar-refractivity contribution in [3.8, 4) is 11.1 Å². The number of carbonyl (C=O) groups is 3. The van der Waals surface area contributed by atoms with Crippen LogP contribution in [0.3, 0.4) is 0 Å². The average molecular weight is 593 g/mol. The molecule has 39 heavy (non-hydrogen) atoms. The number of amides is 3. The van der Waals surface area contributed by atoms with Gasteiger partial charge in [0.05, 0.1) is 6.42 Å². The number of halogens is 1. The fourth-order valence-electron chi connectivity index (χ4n) is 4.69. The summed E-state index contributed by atoms with van der Waals surface area (Å²) in [6.07, 6.45) is 4.29. The van der Waals surface area contributed by atoms with Gasteiger partial charge in [-0.3, -0.25) is 14.4 Å². The van der Waals surface area contributed by atoms with Crippen LogP contribution in [0.15, 0.2) is 71.3 Å². The summed E-state index contributed by atoms with van der Waals surface area (Å²) in [5.41, 5.74) is 3.73. The Balaban J connectivity index is 1.48. The molecule has 0 unspecified atom stereocenters. The Labute approximate surface area is 237 Å². The molecule has 1 aliphatic rings. The first-order valence-electron chi connectivity index (χ1n) is 13.1. The van der Waals surface area contributed by atoms with Crippen LogP contribution in [0.2, 0.25) is 0 Å². The number of aromatic nitrogens is 1. The molecule has 1 fully saturated rings. The van der Waals surface area contributed by atoms with E-state index in [0.29, 0.717) is 24.5 Å². The van der Waals surface area contributed by atoms with E-state index in [1.54, 1.807) is 35.4 Å². The molecule has 3 amide bonds. The lowest BCUT2D eigenvalue weighted by atomic mass is 9.98. The van der Waals surface area contributed by atoms with Crippen LogP contribution in [0, 0.1) is 0 Å². The molecule has 1 aliphatic heterocycles. The maximum absolute atomic E-state index is 13.4. The average Bonchev–Trinajstić information content (AvgIpc) is 2.94. The number of hydrogen-bond donors (Lipinski definition) is 2. The van der Waals surface area contributed by atoms with Crippen LogP contribution >= 0.6 is 15.9 Å². The molecule has 0 aliphatic carbocycles. The van der Waals surface area contributed by atoms with Gasteiger partial charge in [0.25, 0.3) is 5.91 Å². The number of anilines is 1. The summed E-state index contributed by atoms with van der Waals surface area (Å²) < 4.78 is 0.790. The van der Waals surface area contributed by atoms with Gasteiger partial charge >= 0.3 is 0 Å². The predicted molar refractivity (Wildman–Crippen MR) is 156 cm³/mol. The summed E-state index contributed by atoms with van der Waals surface area (Å²) in [4.78, 5) is 47.5. The summed E-state index contributed by atoms with van der Waals surface area (Å²) in [7, 11) is 4.06. The number of pyridine rings is 1. The molecule has 2 heterocycles. The lowest BCUT2D eigenvalue weighted by Gasteiger charge is -2.30. The molecule has 0 radical (unpaired) electrons. The molecule has 1 atom stereocenters. The van der Waals surface area contributed by atoms with Gasteiger partial charge in [0.2, 0.25) is 11.8 Å². The molecule has 0 saturated carbocycles. The second kappa shape index (κ2) is 13.5. The van der Waals surface area contributed by atoms with Crippen molar-refractivity contribution in [1.29, 1.82) is 0 Å². The van der Waals surface area contributed by atoms with Crippen molar-refractivity contribution in [1.82, 2.24) is 20.1 Å². The van der Waals surface area contributed by atoms with Crippen LogP contribution < -0.4 is 10.6 Å². The van der Waals surface area contributed by atoms with Gasteiger partial charge in [0.1, 0.15) is 11.9 Å². The molecule has 3 aromatic rings. The Kier molecular flexibility index (Phi) is 9.84. The normalized spacial score (nSPS) is 14.1. The largest absolute Gasteiger partial charge is 0.341 e. The minimum Gasteiger partial charge on any atom is -0.341 e. The van der Waals surface area contributed by atoms with E-state index in [4.69, 9.17) is 0 Å². The van der Waals surface area contributed by atoms with E-state index < -0.39 is 17.9 Å². The molecule has 204 valence electrons. The first-order chi connectivity index (χ1) is 18.8. The minimum atomic E-state index is -0.980. The smallest absolute Gasteiger partial charge is 0.251 e. The number of benzene rings is 2. The van der Waals surface area contributed by atoms with Crippen LogP contribution in [0.1, 0.15) is 41.6 Å². The third-order valence-electron chi connectivity index (χ3n) is 6.62. The summed E-state index contributed by atoms with van der Waals surface area (Å²) >= 11 is 3.32. The molecule has 0 spiro atoms. The van der Waals surface area contributed by atoms with Gasteiger partial charge in [0, 0.05) is 35.9 Å². The van der Waals surface area contributed by atoms with Crippen molar-refractivity contribution in [2.45, 2.75) is 38.3 Å². The Morgan fingerprint density at radius 3 is 2.36 bits per heavy atom. The highest BCUT2D eigenvalue weighted by Gasteiger charge is 2.29. The fourth-order valence-corrected chi connectivity index (χ4v) is 4.92. The van der Waals surface area contributed by atoms with Crippen molar-refractivity contribution in [3.05, 3.63) is 82.5 Å². The van der Waals surface area contributed by atoms with E-state index in [2.05, 4.69) is 48.6 Å².